The molecular weight excluding hydrogens is 667 g/mol. The fourth-order valence-corrected chi connectivity index (χ4v) is 5.59. The molecule has 276 valence electrons. The smallest absolute Gasteiger partial charge is 0.416 e. The number of nitrogens with one attached hydrogen (secondary N) is 3. The molecular formula is C37H46F3N5O6. The summed E-state index contributed by atoms with van der Waals surface area (Å²) in [6.45, 7) is 6.06. The molecule has 14 heteroatoms. The fraction of sp³-hybridized carbons (Fsp3) is 0.432. The predicted octanol–water partition coefficient (Wildman–Crippen LogP) is 7.31. The lowest BCUT2D eigenvalue weighted by atomic mass is 10.0. The van der Waals surface area contributed by atoms with Crippen LogP contribution in [0.3, 0.4) is 0 Å². The number of likely N-dealkylation sites (N-methyl/N-ethyl adjacent to an activating group) is 1. The number of amides is 5. The van der Waals surface area contributed by atoms with E-state index in [2.05, 4.69) is 16.0 Å². The number of anilines is 3. The number of benzene rings is 3. The number of fused-ring (bicyclic) bond motifs is 1. The Morgan fingerprint density at radius 3 is 2.27 bits per heavy atom. The molecule has 5 amide bonds. The van der Waals surface area contributed by atoms with Crippen LogP contribution in [0.15, 0.2) is 72.8 Å². The number of para-hydroxylation sites is 1. The maximum atomic E-state index is 14.3. The van der Waals surface area contributed by atoms with Crippen LogP contribution in [-0.2, 0) is 10.9 Å². The molecule has 4 N–H and O–H groups in total. The Morgan fingerprint density at radius 1 is 0.961 bits per heavy atom. The van der Waals surface area contributed by atoms with Gasteiger partial charge in [-0.05, 0) is 87.7 Å². The van der Waals surface area contributed by atoms with Crippen LogP contribution in [0.5, 0.6) is 5.75 Å². The average Bonchev–Trinajstić information content (AvgIpc) is 3.09. The molecule has 11 nitrogen and oxygen atoms in total. The van der Waals surface area contributed by atoms with E-state index in [1.807, 2.05) is 32.0 Å². The largest absolute Gasteiger partial charge is 0.490 e. The van der Waals surface area contributed by atoms with Gasteiger partial charge in [0.05, 0.1) is 36.0 Å². The summed E-state index contributed by atoms with van der Waals surface area (Å²) in [4.78, 5) is 43.3. The summed E-state index contributed by atoms with van der Waals surface area (Å²) in [7, 11) is 1.68. The van der Waals surface area contributed by atoms with Crippen LogP contribution in [-0.4, -0.2) is 84.5 Å². The first-order valence-electron chi connectivity index (χ1n) is 16.9. The Bertz CT molecular complexity index is 1610. The Morgan fingerprint density at radius 2 is 1.61 bits per heavy atom. The van der Waals surface area contributed by atoms with Crippen LogP contribution in [0.2, 0.25) is 0 Å². The number of aliphatic hydroxyl groups excluding tert-OH is 1. The lowest BCUT2D eigenvalue weighted by Crippen LogP contribution is -2.48. The molecule has 1 aliphatic rings. The van der Waals surface area contributed by atoms with Crippen molar-refractivity contribution in [3.8, 4) is 5.75 Å². The van der Waals surface area contributed by atoms with Crippen molar-refractivity contribution in [1.82, 2.24) is 9.80 Å². The number of carbonyl (C=O) groups excluding carboxylic acids is 3. The van der Waals surface area contributed by atoms with Gasteiger partial charge in [0, 0.05) is 49.7 Å². The summed E-state index contributed by atoms with van der Waals surface area (Å²) in [5.74, 6) is -0.438. The second kappa shape index (κ2) is 17.9. The van der Waals surface area contributed by atoms with Crippen molar-refractivity contribution in [2.45, 2.75) is 64.5 Å². The molecule has 0 saturated carbocycles. The molecule has 1 aliphatic heterocycles. The molecule has 4 rings (SSSR count). The van der Waals surface area contributed by atoms with E-state index >= 15 is 0 Å². The van der Waals surface area contributed by atoms with Crippen LogP contribution in [0, 0.1) is 5.92 Å². The minimum Gasteiger partial charge on any atom is -0.490 e. The van der Waals surface area contributed by atoms with Gasteiger partial charge in [0.1, 0.15) is 5.75 Å². The number of urea groups is 2. The first-order valence-corrected chi connectivity index (χ1v) is 16.9. The number of alkyl halides is 3. The minimum atomic E-state index is -4.51. The quantitative estimate of drug-likeness (QED) is 0.203. The summed E-state index contributed by atoms with van der Waals surface area (Å²) in [6.07, 6.45) is -3.03. The lowest BCUT2D eigenvalue weighted by Gasteiger charge is -2.35. The van der Waals surface area contributed by atoms with Gasteiger partial charge in [-0.2, -0.15) is 13.2 Å². The van der Waals surface area contributed by atoms with Crippen LogP contribution in [0.25, 0.3) is 0 Å². The summed E-state index contributed by atoms with van der Waals surface area (Å²) in [5, 5.41) is 18.2. The molecule has 0 spiro atoms. The fourth-order valence-electron chi connectivity index (χ4n) is 5.59. The summed E-state index contributed by atoms with van der Waals surface area (Å²) >= 11 is 0. The zero-order chi connectivity index (χ0) is 37.1. The Balaban J connectivity index is 1.56. The molecule has 3 aromatic carbocycles. The van der Waals surface area contributed by atoms with Gasteiger partial charge in [0.15, 0.2) is 0 Å². The van der Waals surface area contributed by atoms with Crippen LogP contribution in [0.1, 0.15) is 56.0 Å². The summed E-state index contributed by atoms with van der Waals surface area (Å²) in [6, 6.07) is 16.1. The van der Waals surface area contributed by atoms with Gasteiger partial charge in [-0.1, -0.05) is 25.1 Å². The van der Waals surface area contributed by atoms with Crippen molar-refractivity contribution in [3.63, 3.8) is 0 Å². The number of rotatable bonds is 7. The first kappa shape index (κ1) is 39.0. The van der Waals surface area contributed by atoms with Crippen molar-refractivity contribution in [3.05, 3.63) is 83.9 Å². The Labute approximate surface area is 296 Å². The third kappa shape index (κ3) is 11.3. The summed E-state index contributed by atoms with van der Waals surface area (Å²) in [5.41, 5.74) is 0.339. The highest BCUT2D eigenvalue weighted by Crippen LogP contribution is 2.31. The first-order chi connectivity index (χ1) is 24.2. The average molecular weight is 714 g/mol. The van der Waals surface area contributed by atoms with Crippen molar-refractivity contribution in [1.29, 1.82) is 0 Å². The highest BCUT2D eigenvalue weighted by Gasteiger charge is 2.32. The lowest BCUT2D eigenvalue weighted by molar-refractivity contribution is -0.137. The van der Waals surface area contributed by atoms with Crippen molar-refractivity contribution in [2.24, 2.45) is 5.92 Å². The second-order valence-electron chi connectivity index (χ2n) is 12.8. The molecule has 0 aliphatic carbocycles. The molecule has 4 atom stereocenters. The number of nitrogens with zero attached hydrogens (tertiary/aromatic N) is 2. The van der Waals surface area contributed by atoms with Crippen LogP contribution < -0.4 is 20.7 Å². The Kier molecular flexibility index (Phi) is 13.7. The van der Waals surface area contributed by atoms with E-state index in [-0.39, 0.29) is 54.7 Å². The van der Waals surface area contributed by atoms with Crippen LogP contribution >= 0.6 is 0 Å². The topological polar surface area (TPSA) is 132 Å². The van der Waals surface area contributed by atoms with E-state index in [1.54, 1.807) is 38.2 Å². The molecule has 0 radical (unpaired) electrons. The van der Waals surface area contributed by atoms with Gasteiger partial charge in [-0.15, -0.1) is 0 Å². The zero-order valence-electron chi connectivity index (χ0n) is 29.2. The van der Waals surface area contributed by atoms with E-state index < -0.39 is 35.8 Å². The van der Waals surface area contributed by atoms with Gasteiger partial charge in [0.25, 0.3) is 5.91 Å². The number of aliphatic hydroxyl groups is 1. The van der Waals surface area contributed by atoms with Gasteiger partial charge in [-0.3, -0.25) is 4.79 Å². The van der Waals surface area contributed by atoms with E-state index in [0.29, 0.717) is 24.5 Å². The minimum absolute atomic E-state index is 0.143. The zero-order valence-corrected chi connectivity index (χ0v) is 29.2. The van der Waals surface area contributed by atoms with E-state index in [9.17, 15) is 32.7 Å². The van der Waals surface area contributed by atoms with Gasteiger partial charge in [0.2, 0.25) is 0 Å². The molecule has 1 heterocycles. The van der Waals surface area contributed by atoms with E-state index in [1.165, 1.54) is 15.9 Å². The normalized spacial score (nSPS) is 19.5. The van der Waals surface area contributed by atoms with Gasteiger partial charge in [-0.25, -0.2) is 9.59 Å². The number of halogens is 3. The monoisotopic (exact) mass is 713 g/mol. The number of ether oxygens (including phenoxy) is 2. The Hall–Kier alpha value is -4.82. The molecule has 0 unspecified atom stereocenters. The second-order valence-corrected chi connectivity index (χ2v) is 12.8. The molecule has 0 bridgehead atoms. The van der Waals surface area contributed by atoms with Gasteiger partial charge >= 0.3 is 18.2 Å². The van der Waals surface area contributed by atoms with E-state index in [4.69, 9.17) is 9.47 Å². The number of carbonyl (C=O) groups is 3. The predicted molar refractivity (Wildman–Crippen MR) is 189 cm³/mol. The van der Waals surface area contributed by atoms with Gasteiger partial charge < -0.3 is 40.3 Å². The maximum absolute atomic E-state index is 14.3. The highest BCUT2D eigenvalue weighted by atomic mass is 19.4. The highest BCUT2D eigenvalue weighted by molar-refractivity contribution is 6.02. The number of hydrogen-bond donors (Lipinski definition) is 4. The molecule has 51 heavy (non-hydrogen) atoms. The van der Waals surface area contributed by atoms with Crippen LogP contribution in [0.4, 0.5) is 39.8 Å². The van der Waals surface area contributed by atoms with Crippen molar-refractivity contribution >= 4 is 35.0 Å². The van der Waals surface area contributed by atoms with Crippen molar-refractivity contribution in [2.75, 3.05) is 49.3 Å². The third-order valence-electron chi connectivity index (χ3n) is 8.61. The molecule has 0 saturated heterocycles. The maximum Gasteiger partial charge on any atom is 0.416 e. The molecule has 0 aromatic heterocycles. The number of hydrogen-bond acceptors (Lipinski definition) is 6. The standard InChI is InChI=1S/C37H46F3N5O6/c1-24-21-45(25(2)23-46)34(47)31-20-30(42-35(48)41-29-15-13-27(14-16-29)37(38,39)40)17-18-32(31)51-26(3)10-8-9-19-50-33(24)22-44(4)36(49)43-28-11-6-5-7-12-28/h5-7,11-18,20,24-26,33,46H,8-10,19,21-23H2,1-4H3,(H,43,49)(H2,41,42,48)/t24-,25-,26+,33-/m0/s1. The van der Waals surface area contributed by atoms with E-state index in [0.717, 1.165) is 37.1 Å². The SMILES string of the molecule is C[C@@H]1CCCCO[C@@H](CN(C)C(=O)Nc2ccccc2)[C@@H](C)CN([C@@H](C)CO)C(=O)c2cc(NC(=O)Nc3ccc(C(F)(F)F)cc3)ccc2O1. The molecule has 3 aromatic rings. The summed E-state index contributed by atoms with van der Waals surface area (Å²) < 4.78 is 51.4. The van der Waals surface area contributed by atoms with Crippen molar-refractivity contribution < 1.29 is 42.1 Å². The molecule has 0 fully saturated rings. The third-order valence-corrected chi connectivity index (χ3v) is 8.61.